The van der Waals surface area contributed by atoms with Gasteiger partial charge in [0.1, 0.15) is 6.54 Å². The van der Waals surface area contributed by atoms with Crippen LogP contribution in [0.15, 0.2) is 46.1 Å². The molecule has 128 valence electrons. The minimum absolute atomic E-state index is 0.232. The third kappa shape index (κ3) is 4.58. The highest BCUT2D eigenvalue weighted by atomic mass is 35.5. The molecule has 0 aliphatic rings. The van der Waals surface area contributed by atoms with E-state index in [0.717, 1.165) is 23.0 Å². The lowest BCUT2D eigenvalue weighted by Crippen LogP contribution is -2.43. The van der Waals surface area contributed by atoms with Crippen molar-refractivity contribution in [3.05, 3.63) is 68.0 Å². The lowest BCUT2D eigenvalue weighted by Gasteiger charge is -2.11. The molecule has 0 spiro atoms. The average Bonchev–Trinajstić information content (AvgIpc) is 2.56. The molecule has 1 N–H and O–H groups in total. The Hall–Kier alpha value is -2.34. The molecule has 24 heavy (non-hydrogen) atoms. The number of aromatic nitrogens is 2. The summed E-state index contributed by atoms with van der Waals surface area (Å²) in [6, 6.07) is 8.44. The van der Waals surface area contributed by atoms with Gasteiger partial charge >= 0.3 is 5.69 Å². The van der Waals surface area contributed by atoms with Gasteiger partial charge in [-0.3, -0.25) is 18.7 Å². The van der Waals surface area contributed by atoms with Gasteiger partial charge in [0.05, 0.1) is 6.54 Å². The zero-order valence-electron chi connectivity index (χ0n) is 13.5. The van der Waals surface area contributed by atoms with Crippen molar-refractivity contribution in [2.45, 2.75) is 32.9 Å². The number of amides is 1. The molecule has 2 aromatic rings. The van der Waals surface area contributed by atoms with Crippen molar-refractivity contribution in [2.24, 2.45) is 0 Å². The molecule has 7 heteroatoms. The van der Waals surface area contributed by atoms with Gasteiger partial charge in [-0.05, 0) is 18.1 Å². The molecule has 1 aromatic carbocycles. The summed E-state index contributed by atoms with van der Waals surface area (Å²) in [4.78, 5) is 36.3. The maximum atomic E-state index is 12.5. The minimum Gasteiger partial charge on any atom is -0.355 e. The molecule has 0 fully saturated rings. The molecule has 0 aliphatic heterocycles. The Labute approximate surface area is 144 Å². The first-order chi connectivity index (χ1) is 11.5. The number of halogens is 1. The Morgan fingerprint density at radius 1 is 1.21 bits per heavy atom. The average molecular weight is 350 g/mol. The van der Waals surface area contributed by atoms with Crippen LogP contribution in [0, 0.1) is 0 Å². The predicted octanol–water partition coefficient (Wildman–Crippen LogP) is 1.63. The van der Waals surface area contributed by atoms with E-state index in [9.17, 15) is 14.4 Å². The summed E-state index contributed by atoms with van der Waals surface area (Å²) in [5, 5.41) is 3.24. The van der Waals surface area contributed by atoms with Crippen LogP contribution in [-0.4, -0.2) is 21.6 Å². The van der Waals surface area contributed by atoms with E-state index < -0.39 is 11.2 Å². The van der Waals surface area contributed by atoms with Gasteiger partial charge in [0, 0.05) is 23.8 Å². The van der Waals surface area contributed by atoms with Gasteiger partial charge in [-0.25, -0.2) is 4.79 Å². The molecule has 1 aromatic heterocycles. The first-order valence-corrected chi connectivity index (χ1v) is 8.21. The maximum absolute atomic E-state index is 12.5. The molecule has 0 atom stereocenters. The fraction of sp³-hybridized carbons (Fsp3) is 0.353. The van der Waals surface area contributed by atoms with Crippen LogP contribution in [-0.2, 0) is 17.9 Å². The number of benzene rings is 1. The summed E-state index contributed by atoms with van der Waals surface area (Å²) in [7, 11) is 0. The predicted molar refractivity (Wildman–Crippen MR) is 93.4 cm³/mol. The van der Waals surface area contributed by atoms with E-state index in [1.807, 2.05) is 19.1 Å². The van der Waals surface area contributed by atoms with Gasteiger partial charge < -0.3 is 5.32 Å². The monoisotopic (exact) mass is 349 g/mol. The lowest BCUT2D eigenvalue weighted by molar-refractivity contribution is -0.121. The molecule has 2 rings (SSSR count). The third-order valence-electron chi connectivity index (χ3n) is 3.59. The summed E-state index contributed by atoms with van der Waals surface area (Å²) < 4.78 is 2.29. The summed E-state index contributed by atoms with van der Waals surface area (Å²) in [5.41, 5.74) is -0.270. The SMILES string of the molecule is CCCCNC(=O)Cn1c(=O)ccn(Cc2ccccc2Cl)c1=O. The number of nitrogens with zero attached hydrogens (tertiary/aromatic N) is 2. The Balaban J connectivity index is 2.21. The standard InChI is InChI=1S/C17H20ClN3O3/c1-2-3-9-19-15(22)12-21-16(23)8-10-20(17(21)24)11-13-6-4-5-7-14(13)18/h4-8,10H,2-3,9,11-12H2,1H3,(H,19,22). The van der Waals surface area contributed by atoms with Crippen molar-refractivity contribution in [1.82, 2.24) is 14.5 Å². The largest absolute Gasteiger partial charge is 0.355 e. The van der Waals surface area contributed by atoms with Gasteiger partial charge in [0.2, 0.25) is 5.91 Å². The highest BCUT2D eigenvalue weighted by Crippen LogP contribution is 2.15. The normalized spacial score (nSPS) is 10.6. The van der Waals surface area contributed by atoms with Crippen LogP contribution >= 0.6 is 11.6 Å². The van der Waals surface area contributed by atoms with Crippen molar-refractivity contribution in [3.63, 3.8) is 0 Å². The van der Waals surface area contributed by atoms with E-state index in [1.54, 1.807) is 12.1 Å². The van der Waals surface area contributed by atoms with Gasteiger partial charge in [-0.1, -0.05) is 43.1 Å². The quantitative estimate of drug-likeness (QED) is 0.772. The maximum Gasteiger partial charge on any atom is 0.331 e. The van der Waals surface area contributed by atoms with E-state index in [-0.39, 0.29) is 19.0 Å². The van der Waals surface area contributed by atoms with Crippen molar-refractivity contribution in [2.75, 3.05) is 6.54 Å². The lowest BCUT2D eigenvalue weighted by atomic mass is 10.2. The molecule has 0 radical (unpaired) electrons. The number of unbranched alkanes of at least 4 members (excludes halogenated alkanes) is 1. The molecule has 0 saturated carbocycles. The van der Waals surface area contributed by atoms with E-state index in [4.69, 9.17) is 11.6 Å². The zero-order chi connectivity index (χ0) is 17.5. The summed E-state index contributed by atoms with van der Waals surface area (Å²) in [6.07, 6.45) is 3.22. The van der Waals surface area contributed by atoms with E-state index in [1.165, 1.54) is 16.8 Å². The zero-order valence-corrected chi connectivity index (χ0v) is 14.3. The molecule has 0 saturated heterocycles. The molecule has 1 amide bonds. The Kier molecular flexibility index (Phi) is 6.37. The molecule has 0 aliphatic carbocycles. The molecular weight excluding hydrogens is 330 g/mol. The van der Waals surface area contributed by atoms with Crippen LogP contribution in [0.4, 0.5) is 0 Å². The topological polar surface area (TPSA) is 73.1 Å². The number of nitrogens with one attached hydrogen (secondary N) is 1. The van der Waals surface area contributed by atoms with Crippen LogP contribution in [0.5, 0.6) is 0 Å². The first kappa shape index (κ1) is 18.0. The van der Waals surface area contributed by atoms with Gasteiger partial charge in [0.15, 0.2) is 0 Å². The Morgan fingerprint density at radius 3 is 2.67 bits per heavy atom. The van der Waals surface area contributed by atoms with Gasteiger partial charge in [-0.15, -0.1) is 0 Å². The number of carbonyl (C=O) groups excluding carboxylic acids is 1. The number of rotatable bonds is 7. The number of carbonyl (C=O) groups is 1. The first-order valence-electron chi connectivity index (χ1n) is 7.83. The molecule has 1 heterocycles. The molecule has 0 unspecified atom stereocenters. The Bertz CT molecular complexity index is 826. The summed E-state index contributed by atoms with van der Waals surface area (Å²) >= 11 is 6.10. The molecule has 6 nitrogen and oxygen atoms in total. The van der Waals surface area contributed by atoms with Crippen molar-refractivity contribution < 1.29 is 4.79 Å². The molecular formula is C17H20ClN3O3. The second kappa shape index (κ2) is 8.49. The van der Waals surface area contributed by atoms with Crippen molar-refractivity contribution in [3.8, 4) is 0 Å². The summed E-state index contributed by atoms with van der Waals surface area (Å²) in [6.45, 7) is 2.49. The van der Waals surface area contributed by atoms with Gasteiger partial charge in [0.25, 0.3) is 5.56 Å². The fourth-order valence-corrected chi connectivity index (χ4v) is 2.43. The number of hydrogen-bond donors (Lipinski definition) is 1. The van der Waals surface area contributed by atoms with E-state index in [2.05, 4.69) is 5.32 Å². The van der Waals surface area contributed by atoms with Crippen LogP contribution in [0.1, 0.15) is 25.3 Å². The smallest absolute Gasteiger partial charge is 0.331 e. The second-order valence-corrected chi connectivity index (χ2v) is 5.85. The van der Waals surface area contributed by atoms with E-state index >= 15 is 0 Å². The van der Waals surface area contributed by atoms with Crippen LogP contribution < -0.4 is 16.6 Å². The van der Waals surface area contributed by atoms with Gasteiger partial charge in [-0.2, -0.15) is 0 Å². The van der Waals surface area contributed by atoms with E-state index in [0.29, 0.717) is 11.6 Å². The Morgan fingerprint density at radius 2 is 1.96 bits per heavy atom. The minimum atomic E-state index is -0.534. The fourth-order valence-electron chi connectivity index (χ4n) is 2.24. The second-order valence-electron chi connectivity index (χ2n) is 5.45. The van der Waals surface area contributed by atoms with Crippen molar-refractivity contribution in [1.29, 1.82) is 0 Å². The number of hydrogen-bond acceptors (Lipinski definition) is 3. The van der Waals surface area contributed by atoms with Crippen LogP contribution in [0.3, 0.4) is 0 Å². The van der Waals surface area contributed by atoms with Crippen LogP contribution in [0.25, 0.3) is 0 Å². The van der Waals surface area contributed by atoms with Crippen LogP contribution in [0.2, 0.25) is 5.02 Å². The summed E-state index contributed by atoms with van der Waals surface area (Å²) in [5.74, 6) is -0.349. The highest BCUT2D eigenvalue weighted by molar-refractivity contribution is 6.31. The molecule has 0 bridgehead atoms. The van der Waals surface area contributed by atoms with Crippen molar-refractivity contribution >= 4 is 17.5 Å². The highest BCUT2D eigenvalue weighted by Gasteiger charge is 2.10. The third-order valence-corrected chi connectivity index (χ3v) is 3.96.